The molecule has 8 nitrogen and oxygen atoms in total. The van der Waals surface area contributed by atoms with Crippen molar-refractivity contribution in [1.29, 1.82) is 0 Å². The molecule has 2 aromatic rings. The average Bonchev–Trinajstić information content (AvgIpc) is 3.46. The zero-order chi connectivity index (χ0) is 26.8. The molecular weight excluding hydrogens is 478 g/mol. The minimum atomic E-state index is -0.171. The smallest absolute Gasteiger partial charge is 0.251 e. The van der Waals surface area contributed by atoms with Gasteiger partial charge in [0.25, 0.3) is 5.91 Å². The Morgan fingerprint density at radius 1 is 1.08 bits per heavy atom. The molecule has 1 atom stereocenters. The Morgan fingerprint density at radius 2 is 1.82 bits per heavy atom. The second kappa shape index (κ2) is 11.3. The second-order valence-corrected chi connectivity index (χ2v) is 11.1. The van der Waals surface area contributed by atoms with Crippen LogP contribution in [0.2, 0.25) is 0 Å². The molecule has 3 heterocycles. The zero-order valence-corrected chi connectivity index (χ0v) is 23.2. The Kier molecular flexibility index (Phi) is 7.88. The van der Waals surface area contributed by atoms with E-state index >= 15 is 0 Å². The quantitative estimate of drug-likeness (QED) is 0.596. The predicted molar refractivity (Wildman–Crippen MR) is 150 cm³/mol. The Labute approximate surface area is 226 Å². The predicted octanol–water partition coefficient (Wildman–Crippen LogP) is 4.01. The number of nitrogens with zero attached hydrogens (tertiary/aromatic N) is 4. The summed E-state index contributed by atoms with van der Waals surface area (Å²) in [7, 11) is 5.62. The van der Waals surface area contributed by atoms with E-state index < -0.39 is 0 Å². The first-order valence-corrected chi connectivity index (χ1v) is 14.1. The summed E-state index contributed by atoms with van der Waals surface area (Å²) >= 11 is 0. The monoisotopic (exact) mass is 519 g/mol. The fourth-order valence-electron chi connectivity index (χ4n) is 6.27. The molecule has 3 aliphatic rings. The molecule has 0 unspecified atom stereocenters. The van der Waals surface area contributed by atoms with Gasteiger partial charge in [-0.15, -0.1) is 0 Å². The van der Waals surface area contributed by atoms with Gasteiger partial charge in [0.1, 0.15) is 11.8 Å². The molecule has 1 N–H and O–H groups in total. The number of carbonyl (C=O) groups is 2. The van der Waals surface area contributed by atoms with Crippen molar-refractivity contribution < 1.29 is 14.3 Å². The van der Waals surface area contributed by atoms with E-state index in [2.05, 4.69) is 29.1 Å². The molecule has 5 rings (SSSR count). The SMILES string of the molecule is CC[C@@H]1C(=O)N(C)c2ccc(Cc3ccc(C(=O)NC4CCN(C)CC4)cc3OC)nc2N1C1CCCC1. The third-order valence-corrected chi connectivity index (χ3v) is 8.55. The number of aromatic nitrogens is 1. The molecule has 2 fully saturated rings. The molecular formula is C30H41N5O3. The number of rotatable bonds is 7. The lowest BCUT2D eigenvalue weighted by atomic mass is 10.0. The number of anilines is 2. The van der Waals surface area contributed by atoms with E-state index in [1.807, 2.05) is 37.4 Å². The van der Waals surface area contributed by atoms with Gasteiger partial charge in [-0.1, -0.05) is 25.8 Å². The number of hydrogen-bond acceptors (Lipinski definition) is 6. The lowest BCUT2D eigenvalue weighted by Gasteiger charge is -2.43. The van der Waals surface area contributed by atoms with Gasteiger partial charge in [0.05, 0.1) is 12.8 Å². The van der Waals surface area contributed by atoms with Crippen molar-refractivity contribution >= 4 is 23.3 Å². The van der Waals surface area contributed by atoms with Crippen molar-refractivity contribution in [3.05, 3.63) is 47.2 Å². The van der Waals surface area contributed by atoms with Gasteiger partial charge in [0.2, 0.25) is 5.91 Å². The molecule has 2 amide bonds. The molecule has 1 aromatic heterocycles. The maximum Gasteiger partial charge on any atom is 0.251 e. The topological polar surface area (TPSA) is 78.0 Å². The molecule has 1 saturated heterocycles. The summed E-state index contributed by atoms with van der Waals surface area (Å²) in [5.74, 6) is 1.70. The normalized spacial score (nSPS) is 21.1. The van der Waals surface area contributed by atoms with Crippen LogP contribution in [0.4, 0.5) is 11.5 Å². The van der Waals surface area contributed by atoms with Crippen LogP contribution in [0.25, 0.3) is 0 Å². The fourth-order valence-corrected chi connectivity index (χ4v) is 6.27. The third kappa shape index (κ3) is 5.23. The molecule has 1 aliphatic carbocycles. The summed E-state index contributed by atoms with van der Waals surface area (Å²) in [6.07, 6.45) is 7.90. The lowest BCUT2D eigenvalue weighted by Crippen LogP contribution is -2.55. The third-order valence-electron chi connectivity index (χ3n) is 8.55. The summed E-state index contributed by atoms with van der Waals surface area (Å²) in [6, 6.07) is 10.1. The van der Waals surface area contributed by atoms with Crippen molar-refractivity contribution in [1.82, 2.24) is 15.2 Å². The molecule has 38 heavy (non-hydrogen) atoms. The van der Waals surface area contributed by atoms with Gasteiger partial charge in [0.15, 0.2) is 5.82 Å². The molecule has 2 aliphatic heterocycles. The van der Waals surface area contributed by atoms with Crippen LogP contribution in [0.3, 0.4) is 0 Å². The van der Waals surface area contributed by atoms with E-state index in [4.69, 9.17) is 9.72 Å². The first-order chi connectivity index (χ1) is 18.4. The summed E-state index contributed by atoms with van der Waals surface area (Å²) < 4.78 is 5.72. The lowest BCUT2D eigenvalue weighted by molar-refractivity contribution is -0.120. The Bertz CT molecular complexity index is 1170. The van der Waals surface area contributed by atoms with Gasteiger partial charge < -0.3 is 24.8 Å². The number of methoxy groups -OCH3 is 1. The van der Waals surface area contributed by atoms with Gasteiger partial charge in [-0.05, 0) is 76.5 Å². The Balaban J connectivity index is 1.38. The van der Waals surface area contributed by atoms with Crippen LogP contribution in [0, 0.1) is 0 Å². The molecule has 8 heteroatoms. The number of likely N-dealkylation sites (N-methyl/N-ethyl adjacent to an activating group) is 1. The van der Waals surface area contributed by atoms with Crippen molar-refractivity contribution in [2.24, 2.45) is 0 Å². The summed E-state index contributed by atoms with van der Waals surface area (Å²) in [4.78, 5) is 37.6. The molecule has 1 aromatic carbocycles. The number of ether oxygens (including phenoxy) is 1. The number of pyridine rings is 1. The van der Waals surface area contributed by atoms with E-state index in [9.17, 15) is 9.59 Å². The van der Waals surface area contributed by atoms with E-state index in [0.29, 0.717) is 23.8 Å². The number of benzene rings is 1. The average molecular weight is 520 g/mol. The Morgan fingerprint density at radius 3 is 2.50 bits per heavy atom. The van der Waals surface area contributed by atoms with Crippen LogP contribution < -0.4 is 19.9 Å². The van der Waals surface area contributed by atoms with Crippen LogP contribution in [0.5, 0.6) is 5.75 Å². The standard InChI is InChI=1S/C30H41N5O3/c1-5-25-30(37)34(3)26-13-12-23(31-28(26)35(25)24-8-6-7-9-24)18-20-10-11-21(19-27(20)38-4)29(36)32-22-14-16-33(2)17-15-22/h10-13,19,22,24-25H,5-9,14-18H2,1-4H3,(H,32,36)/t25-/m1/s1. The minimum absolute atomic E-state index is 0.0539. The molecule has 0 bridgehead atoms. The largest absolute Gasteiger partial charge is 0.496 e. The van der Waals surface area contributed by atoms with Crippen molar-refractivity contribution in [2.75, 3.05) is 44.1 Å². The highest BCUT2D eigenvalue weighted by Gasteiger charge is 2.40. The number of nitrogens with one attached hydrogen (secondary N) is 1. The van der Waals surface area contributed by atoms with Gasteiger partial charge in [-0.25, -0.2) is 4.98 Å². The number of hydrogen-bond donors (Lipinski definition) is 1. The van der Waals surface area contributed by atoms with Crippen molar-refractivity contribution in [2.45, 2.75) is 76.4 Å². The van der Waals surface area contributed by atoms with Crippen molar-refractivity contribution in [3.63, 3.8) is 0 Å². The van der Waals surface area contributed by atoms with Crippen LogP contribution in [-0.2, 0) is 11.2 Å². The van der Waals surface area contributed by atoms with E-state index in [-0.39, 0.29) is 23.9 Å². The van der Waals surface area contributed by atoms with Crippen LogP contribution >= 0.6 is 0 Å². The number of fused-ring (bicyclic) bond motifs is 1. The van der Waals surface area contributed by atoms with E-state index in [1.54, 1.807) is 12.0 Å². The number of carbonyl (C=O) groups excluding carboxylic acids is 2. The van der Waals surface area contributed by atoms with Gasteiger partial charge in [-0.2, -0.15) is 0 Å². The van der Waals surface area contributed by atoms with Crippen molar-refractivity contribution in [3.8, 4) is 5.75 Å². The van der Waals surface area contributed by atoms with Gasteiger partial charge in [-0.3, -0.25) is 9.59 Å². The summed E-state index contributed by atoms with van der Waals surface area (Å²) in [6.45, 7) is 4.09. The number of likely N-dealkylation sites (tertiary alicyclic amines) is 1. The fraction of sp³-hybridized carbons (Fsp3) is 0.567. The first kappa shape index (κ1) is 26.5. The molecule has 204 valence electrons. The molecule has 0 radical (unpaired) electrons. The highest BCUT2D eigenvalue weighted by atomic mass is 16.5. The second-order valence-electron chi connectivity index (χ2n) is 11.1. The van der Waals surface area contributed by atoms with E-state index in [1.165, 1.54) is 12.8 Å². The maximum atomic E-state index is 13.2. The Hall–Kier alpha value is -3.13. The zero-order valence-electron chi connectivity index (χ0n) is 23.2. The summed E-state index contributed by atoms with van der Waals surface area (Å²) in [5.41, 5.74) is 3.39. The first-order valence-electron chi connectivity index (χ1n) is 14.1. The highest BCUT2D eigenvalue weighted by molar-refractivity contribution is 6.04. The highest BCUT2D eigenvalue weighted by Crippen LogP contribution is 2.40. The number of piperidine rings is 1. The molecule has 0 spiro atoms. The van der Waals surface area contributed by atoms with Crippen LogP contribution in [0.15, 0.2) is 30.3 Å². The van der Waals surface area contributed by atoms with Gasteiger partial charge in [0, 0.05) is 42.4 Å². The maximum absolute atomic E-state index is 13.2. The molecule has 1 saturated carbocycles. The number of amides is 2. The minimum Gasteiger partial charge on any atom is -0.496 e. The van der Waals surface area contributed by atoms with Crippen LogP contribution in [-0.4, -0.2) is 74.1 Å². The summed E-state index contributed by atoms with van der Waals surface area (Å²) in [5, 5.41) is 3.19. The van der Waals surface area contributed by atoms with Crippen LogP contribution in [0.1, 0.15) is 73.5 Å². The van der Waals surface area contributed by atoms with E-state index in [0.717, 1.165) is 68.0 Å². The van der Waals surface area contributed by atoms with Gasteiger partial charge >= 0.3 is 0 Å².